The number of benzene rings is 1. The van der Waals surface area contributed by atoms with E-state index >= 15 is 0 Å². The second kappa shape index (κ2) is 7.11. The van der Waals surface area contributed by atoms with Crippen molar-refractivity contribution in [3.05, 3.63) is 30.3 Å². The number of primary amides is 1. The summed E-state index contributed by atoms with van der Waals surface area (Å²) in [7, 11) is 1.29. The average molecular weight is 443 g/mol. The van der Waals surface area contributed by atoms with E-state index in [1.165, 1.54) is 23.8 Å². The van der Waals surface area contributed by atoms with Crippen LogP contribution >= 0.6 is 27.7 Å². The molecule has 1 aromatic rings. The van der Waals surface area contributed by atoms with Crippen molar-refractivity contribution in [2.75, 3.05) is 12.4 Å². The summed E-state index contributed by atoms with van der Waals surface area (Å²) >= 11 is 4.88. The largest absolute Gasteiger partial charge is 0.480 e. The number of esters is 1. The maximum Gasteiger partial charge on any atom is 0.330 e. The van der Waals surface area contributed by atoms with Gasteiger partial charge in [-0.05, 0) is 19.1 Å². The number of nitrogens with two attached hydrogens (primary N) is 1. The molecule has 0 bridgehead atoms. The van der Waals surface area contributed by atoms with Crippen LogP contribution in [0.3, 0.4) is 0 Å². The Hall–Kier alpha value is -1.74. The predicted molar refractivity (Wildman–Crippen MR) is 99.8 cm³/mol. The number of β-lactam (4-membered cyclic amide) rings is 1. The highest BCUT2D eigenvalue weighted by Gasteiger charge is 2.67. The average Bonchev–Trinajstić information content (AvgIpc) is 2.91. The fourth-order valence-electron chi connectivity index (χ4n) is 3.36. The molecule has 5 unspecified atom stereocenters. The van der Waals surface area contributed by atoms with Gasteiger partial charge in [-0.15, -0.1) is 11.8 Å². The summed E-state index contributed by atoms with van der Waals surface area (Å²) < 4.78 is 10.0. The molecule has 2 aliphatic heterocycles. The Balaban J connectivity index is 1.87. The lowest BCUT2D eigenvalue weighted by molar-refractivity contribution is -0.170. The molecular formula is C17H19BrN2O5S. The molecule has 2 amide bonds. The summed E-state index contributed by atoms with van der Waals surface area (Å²) in [6.07, 6.45) is -1.10. The molecule has 2 saturated heterocycles. The summed E-state index contributed by atoms with van der Waals surface area (Å²) in [5.74, 6) is -1.81. The third kappa shape index (κ3) is 2.96. The maximum atomic E-state index is 12.8. The number of nitrogens with zero attached hydrogens (tertiary/aromatic N) is 1. The fourth-order valence-corrected chi connectivity index (χ4v) is 5.76. The van der Waals surface area contributed by atoms with Gasteiger partial charge in [-0.2, -0.15) is 0 Å². The first-order chi connectivity index (χ1) is 12.3. The molecule has 0 aliphatic carbocycles. The van der Waals surface area contributed by atoms with Crippen LogP contribution in [0, 0.1) is 5.92 Å². The zero-order valence-electron chi connectivity index (χ0n) is 14.3. The van der Waals surface area contributed by atoms with E-state index in [1.54, 1.807) is 24.3 Å². The van der Waals surface area contributed by atoms with E-state index in [4.69, 9.17) is 15.2 Å². The van der Waals surface area contributed by atoms with Crippen LogP contribution in [-0.2, 0) is 19.1 Å². The minimum Gasteiger partial charge on any atom is -0.480 e. The zero-order valence-corrected chi connectivity index (χ0v) is 16.7. The predicted octanol–water partition coefficient (Wildman–Crippen LogP) is 1.15. The van der Waals surface area contributed by atoms with Crippen molar-refractivity contribution >= 4 is 45.5 Å². The first kappa shape index (κ1) is 19.0. The topological polar surface area (TPSA) is 98.9 Å². The highest BCUT2D eigenvalue weighted by molar-refractivity contribution is 9.09. The smallest absolute Gasteiger partial charge is 0.330 e. The van der Waals surface area contributed by atoms with Gasteiger partial charge in [0.05, 0.1) is 17.2 Å². The van der Waals surface area contributed by atoms with Gasteiger partial charge >= 0.3 is 5.97 Å². The van der Waals surface area contributed by atoms with E-state index in [0.29, 0.717) is 11.1 Å². The third-order valence-corrected chi connectivity index (χ3v) is 7.87. The zero-order chi connectivity index (χ0) is 19.1. The lowest BCUT2D eigenvalue weighted by Gasteiger charge is -2.45. The van der Waals surface area contributed by atoms with Crippen LogP contribution in [-0.4, -0.2) is 57.4 Å². The van der Waals surface area contributed by atoms with Gasteiger partial charge in [0.15, 0.2) is 6.10 Å². The maximum absolute atomic E-state index is 12.8. The summed E-state index contributed by atoms with van der Waals surface area (Å²) in [6, 6.07) is 8.01. The highest BCUT2D eigenvalue weighted by atomic mass is 79.9. The molecule has 0 spiro atoms. The molecule has 26 heavy (non-hydrogen) atoms. The van der Waals surface area contributed by atoms with Crippen molar-refractivity contribution in [1.82, 2.24) is 4.90 Å². The van der Waals surface area contributed by atoms with Gasteiger partial charge in [0.2, 0.25) is 5.91 Å². The number of rotatable bonds is 6. The van der Waals surface area contributed by atoms with Crippen LogP contribution in [0.25, 0.3) is 0 Å². The summed E-state index contributed by atoms with van der Waals surface area (Å²) in [5.41, 5.74) is 5.52. The van der Waals surface area contributed by atoms with E-state index < -0.39 is 34.7 Å². The molecule has 140 valence electrons. The number of thioether (sulfide) groups is 1. The molecule has 3 rings (SSSR count). The number of alkyl halides is 1. The molecule has 2 aliphatic rings. The van der Waals surface area contributed by atoms with Crippen molar-refractivity contribution in [2.45, 2.75) is 29.2 Å². The molecule has 0 radical (unpaired) electrons. The van der Waals surface area contributed by atoms with Gasteiger partial charge in [0, 0.05) is 5.33 Å². The minimum atomic E-state index is -1.10. The van der Waals surface area contributed by atoms with Crippen LogP contribution in [0.4, 0.5) is 0 Å². The van der Waals surface area contributed by atoms with Gasteiger partial charge in [0.1, 0.15) is 17.7 Å². The number of ether oxygens (including phenoxy) is 2. The quantitative estimate of drug-likeness (QED) is 0.402. The first-order valence-corrected chi connectivity index (χ1v) is 9.99. The number of hydrogen-bond donors (Lipinski definition) is 1. The fraction of sp³-hybridized carbons (Fsp3) is 0.471. The molecule has 0 aromatic heterocycles. The van der Waals surface area contributed by atoms with Crippen molar-refractivity contribution in [3.63, 3.8) is 0 Å². The molecule has 2 fully saturated rings. The van der Waals surface area contributed by atoms with Crippen LogP contribution in [0.1, 0.15) is 6.92 Å². The number of fused-ring (bicyclic) bond motifs is 1. The molecule has 1 aromatic carbocycles. The van der Waals surface area contributed by atoms with Gasteiger partial charge in [-0.25, -0.2) is 4.79 Å². The van der Waals surface area contributed by atoms with E-state index in [1.807, 2.05) is 13.0 Å². The van der Waals surface area contributed by atoms with Gasteiger partial charge in [-0.1, -0.05) is 34.1 Å². The van der Waals surface area contributed by atoms with Crippen molar-refractivity contribution in [1.29, 1.82) is 0 Å². The van der Waals surface area contributed by atoms with Crippen LogP contribution in [0.2, 0.25) is 0 Å². The van der Waals surface area contributed by atoms with E-state index in [2.05, 4.69) is 15.9 Å². The molecule has 0 saturated carbocycles. The summed E-state index contributed by atoms with van der Waals surface area (Å²) in [5, 5.41) is 0.105. The van der Waals surface area contributed by atoms with E-state index in [0.717, 1.165) is 0 Å². The van der Waals surface area contributed by atoms with Crippen LogP contribution in [0.5, 0.6) is 5.75 Å². The molecule has 5 atom stereocenters. The van der Waals surface area contributed by atoms with Gasteiger partial charge < -0.3 is 20.1 Å². The van der Waals surface area contributed by atoms with Crippen molar-refractivity contribution in [2.24, 2.45) is 11.7 Å². The van der Waals surface area contributed by atoms with Crippen LogP contribution in [0.15, 0.2) is 30.3 Å². The van der Waals surface area contributed by atoms with E-state index in [9.17, 15) is 14.4 Å². The molecule has 2 heterocycles. The number of hydrogen-bond acceptors (Lipinski definition) is 6. The number of carbonyl (C=O) groups excluding carboxylic acids is 3. The number of halogens is 1. The van der Waals surface area contributed by atoms with E-state index in [-0.39, 0.29) is 11.3 Å². The molecule has 9 heteroatoms. The Morgan fingerprint density at radius 1 is 1.38 bits per heavy atom. The standard InChI is InChI=1S/C17H19BrN2O5S/c1-17(8-18)12(16(23)24-2)20-14(22)10(15(20)26-17)11(13(19)21)25-9-6-4-3-5-7-9/h3-7,10-12,15H,8H2,1-2H3,(H2,19,21). The number of para-hydroxylation sites is 1. The minimum absolute atomic E-state index is 0.331. The highest BCUT2D eigenvalue weighted by Crippen LogP contribution is 2.55. The van der Waals surface area contributed by atoms with Crippen molar-refractivity contribution in [3.8, 4) is 5.75 Å². The van der Waals surface area contributed by atoms with Gasteiger partial charge in [0.25, 0.3) is 5.91 Å². The number of methoxy groups -OCH3 is 1. The Labute approximate surface area is 163 Å². The molecule has 7 nitrogen and oxygen atoms in total. The molecular weight excluding hydrogens is 424 g/mol. The Bertz CT molecular complexity index is 733. The Morgan fingerprint density at radius 2 is 2.04 bits per heavy atom. The SMILES string of the molecule is COC(=O)C1N2C(=O)C(C(Oc3ccccc3)C(N)=O)C2SC1(C)CBr. The lowest BCUT2D eigenvalue weighted by atomic mass is 9.87. The Kier molecular flexibility index (Phi) is 5.21. The van der Waals surface area contributed by atoms with Gasteiger partial charge in [-0.3, -0.25) is 9.59 Å². The van der Waals surface area contributed by atoms with Crippen LogP contribution < -0.4 is 10.5 Å². The molecule has 2 N–H and O–H groups in total. The lowest BCUT2D eigenvalue weighted by Crippen LogP contribution is -2.68. The first-order valence-electron chi connectivity index (χ1n) is 7.99. The summed E-state index contributed by atoms with van der Waals surface area (Å²) in [4.78, 5) is 38.5. The third-order valence-electron chi connectivity index (χ3n) is 4.67. The second-order valence-electron chi connectivity index (χ2n) is 6.41. The number of amides is 2. The Morgan fingerprint density at radius 3 is 2.58 bits per heavy atom. The second-order valence-corrected chi connectivity index (χ2v) is 8.62. The monoisotopic (exact) mass is 442 g/mol. The summed E-state index contributed by atoms with van der Waals surface area (Å²) in [6.45, 7) is 1.88. The normalized spacial score (nSPS) is 31.0. The van der Waals surface area contributed by atoms with Crippen molar-refractivity contribution < 1.29 is 23.9 Å². The number of carbonyl (C=O) groups is 3.